The van der Waals surface area contributed by atoms with Crippen LogP contribution in [0, 0.1) is 0 Å². The molecule has 1 saturated heterocycles. The van der Waals surface area contributed by atoms with Gasteiger partial charge in [0.1, 0.15) is 5.75 Å². The first-order chi connectivity index (χ1) is 6.84. The Morgan fingerprint density at radius 2 is 2.36 bits per heavy atom. The molecule has 2 heterocycles. The summed E-state index contributed by atoms with van der Waals surface area (Å²) < 4.78 is 5.47. The van der Waals surface area contributed by atoms with Gasteiger partial charge >= 0.3 is 0 Å². The molecule has 0 bridgehead atoms. The molecule has 3 nitrogen and oxygen atoms in total. The van der Waals surface area contributed by atoms with Crippen LogP contribution in [0.5, 0.6) is 5.75 Å². The first kappa shape index (κ1) is 8.12. The molecule has 1 aromatic rings. The summed E-state index contributed by atoms with van der Waals surface area (Å²) in [5.74, 6) is 0.801. The summed E-state index contributed by atoms with van der Waals surface area (Å²) in [6.07, 6.45) is 1.06. The molecule has 0 saturated carbocycles. The lowest BCUT2D eigenvalue weighted by Crippen LogP contribution is -2.30. The van der Waals surface area contributed by atoms with E-state index in [9.17, 15) is 5.11 Å². The topological polar surface area (TPSA) is 41.5 Å². The van der Waals surface area contributed by atoms with Gasteiger partial charge in [-0.3, -0.25) is 0 Å². The molecule has 0 aliphatic carbocycles. The van der Waals surface area contributed by atoms with E-state index in [0.717, 1.165) is 25.3 Å². The van der Waals surface area contributed by atoms with Gasteiger partial charge in [0.05, 0.1) is 6.61 Å². The fraction of sp³-hybridized carbons (Fsp3) is 0.455. The predicted molar refractivity (Wildman–Crippen MR) is 53.7 cm³/mol. The minimum atomic E-state index is 0.329. The van der Waals surface area contributed by atoms with Crippen LogP contribution in [0.15, 0.2) is 18.2 Å². The number of nitrogens with one attached hydrogen (secondary N) is 1. The van der Waals surface area contributed by atoms with Crippen molar-refractivity contribution in [3.05, 3.63) is 23.8 Å². The lowest BCUT2D eigenvalue weighted by atomic mass is 9.92. The molecule has 2 aliphatic heterocycles. The zero-order chi connectivity index (χ0) is 9.54. The van der Waals surface area contributed by atoms with E-state index in [-0.39, 0.29) is 0 Å². The Morgan fingerprint density at radius 3 is 3.29 bits per heavy atom. The second-order valence-corrected chi connectivity index (χ2v) is 3.99. The third-order valence-electron chi connectivity index (χ3n) is 3.13. The molecule has 1 fully saturated rings. The third-order valence-corrected chi connectivity index (χ3v) is 3.13. The van der Waals surface area contributed by atoms with E-state index in [1.165, 1.54) is 5.56 Å². The summed E-state index contributed by atoms with van der Waals surface area (Å²) in [5.41, 5.74) is 2.36. The number of rotatable bonds is 0. The number of ether oxygens (including phenoxy) is 1. The van der Waals surface area contributed by atoms with E-state index in [1.807, 2.05) is 6.07 Å². The number of aromatic hydroxyl groups is 1. The van der Waals surface area contributed by atoms with Crippen molar-refractivity contribution in [3.8, 4) is 5.75 Å². The molecular weight excluding hydrogens is 178 g/mol. The molecule has 1 aromatic carbocycles. The highest BCUT2D eigenvalue weighted by Gasteiger charge is 2.34. The third kappa shape index (κ3) is 1.09. The van der Waals surface area contributed by atoms with Crippen molar-refractivity contribution in [2.45, 2.75) is 18.4 Å². The largest absolute Gasteiger partial charge is 0.508 e. The second kappa shape index (κ2) is 2.89. The molecule has 2 atom stereocenters. The summed E-state index contributed by atoms with van der Waals surface area (Å²) in [6, 6.07) is 6.04. The molecule has 0 spiro atoms. The summed E-state index contributed by atoms with van der Waals surface area (Å²) in [5, 5.41) is 12.8. The van der Waals surface area contributed by atoms with E-state index in [1.54, 1.807) is 12.1 Å². The Morgan fingerprint density at radius 1 is 1.43 bits per heavy atom. The lowest BCUT2D eigenvalue weighted by molar-refractivity contribution is 0.0769. The standard InChI is InChI=1S/C11H13NO2/c13-7-1-2-8-9-6-14-4-3-10(9)12-11(8)5-7/h1-2,5,9-10,12-13H,3-4,6H2. The second-order valence-electron chi connectivity index (χ2n) is 3.99. The Hall–Kier alpha value is -1.22. The van der Waals surface area contributed by atoms with Gasteiger partial charge < -0.3 is 15.2 Å². The minimum absolute atomic E-state index is 0.329. The molecule has 74 valence electrons. The van der Waals surface area contributed by atoms with Crippen molar-refractivity contribution in [2.75, 3.05) is 18.5 Å². The molecule has 3 rings (SSSR count). The van der Waals surface area contributed by atoms with Gasteiger partial charge in [0.15, 0.2) is 0 Å². The maximum atomic E-state index is 9.36. The van der Waals surface area contributed by atoms with Crippen molar-refractivity contribution >= 4 is 5.69 Å². The Bertz CT molecular complexity index is 364. The smallest absolute Gasteiger partial charge is 0.117 e. The SMILES string of the molecule is Oc1ccc2c(c1)NC1CCOCC21. The van der Waals surface area contributed by atoms with Crippen LogP contribution in [0.1, 0.15) is 17.9 Å². The van der Waals surface area contributed by atoms with Crippen molar-refractivity contribution < 1.29 is 9.84 Å². The maximum absolute atomic E-state index is 9.36. The fourth-order valence-electron chi connectivity index (χ4n) is 2.41. The number of hydrogen-bond acceptors (Lipinski definition) is 3. The molecule has 2 aliphatic rings. The zero-order valence-corrected chi connectivity index (χ0v) is 7.86. The summed E-state index contributed by atoms with van der Waals surface area (Å²) in [4.78, 5) is 0. The number of benzene rings is 1. The average molecular weight is 191 g/mol. The van der Waals surface area contributed by atoms with Crippen LogP contribution in [0.2, 0.25) is 0 Å². The zero-order valence-electron chi connectivity index (χ0n) is 7.86. The van der Waals surface area contributed by atoms with Gasteiger partial charge in [-0.2, -0.15) is 0 Å². The molecule has 0 amide bonds. The first-order valence-corrected chi connectivity index (χ1v) is 5.02. The molecule has 14 heavy (non-hydrogen) atoms. The monoisotopic (exact) mass is 191 g/mol. The first-order valence-electron chi connectivity index (χ1n) is 5.02. The number of phenols is 1. The van der Waals surface area contributed by atoms with Crippen molar-refractivity contribution in [2.24, 2.45) is 0 Å². The van der Waals surface area contributed by atoms with Gasteiger partial charge in [-0.15, -0.1) is 0 Å². The van der Waals surface area contributed by atoms with Crippen molar-refractivity contribution in [1.29, 1.82) is 0 Å². The number of anilines is 1. The van der Waals surface area contributed by atoms with Gasteiger partial charge in [0.25, 0.3) is 0 Å². The van der Waals surface area contributed by atoms with Crippen molar-refractivity contribution in [3.63, 3.8) is 0 Å². The van der Waals surface area contributed by atoms with E-state index < -0.39 is 0 Å². The normalized spacial score (nSPS) is 29.1. The minimum Gasteiger partial charge on any atom is -0.508 e. The van der Waals surface area contributed by atoms with Crippen LogP contribution < -0.4 is 5.32 Å². The van der Waals surface area contributed by atoms with Gasteiger partial charge in [-0.05, 0) is 18.1 Å². The van der Waals surface area contributed by atoms with Crippen LogP contribution in [0.4, 0.5) is 5.69 Å². The molecule has 0 radical (unpaired) electrons. The lowest BCUT2D eigenvalue weighted by Gasteiger charge is -2.25. The Kier molecular flexibility index (Phi) is 1.67. The van der Waals surface area contributed by atoms with Gasteiger partial charge in [0, 0.05) is 30.3 Å². The van der Waals surface area contributed by atoms with E-state index >= 15 is 0 Å². The van der Waals surface area contributed by atoms with Crippen LogP contribution in [-0.2, 0) is 4.74 Å². The van der Waals surface area contributed by atoms with Crippen LogP contribution in [-0.4, -0.2) is 24.4 Å². The van der Waals surface area contributed by atoms with E-state index in [4.69, 9.17) is 4.74 Å². The summed E-state index contributed by atoms with van der Waals surface area (Å²) >= 11 is 0. The average Bonchev–Trinajstić information content (AvgIpc) is 2.54. The predicted octanol–water partition coefficient (Wildman–Crippen LogP) is 1.69. The highest BCUT2D eigenvalue weighted by atomic mass is 16.5. The van der Waals surface area contributed by atoms with Crippen LogP contribution >= 0.6 is 0 Å². The van der Waals surface area contributed by atoms with Crippen LogP contribution in [0.25, 0.3) is 0 Å². The summed E-state index contributed by atoms with van der Waals surface area (Å²) in [7, 11) is 0. The van der Waals surface area contributed by atoms with E-state index in [0.29, 0.717) is 17.7 Å². The maximum Gasteiger partial charge on any atom is 0.117 e. The van der Waals surface area contributed by atoms with Crippen molar-refractivity contribution in [1.82, 2.24) is 0 Å². The number of hydrogen-bond donors (Lipinski definition) is 2. The Labute approximate surface area is 82.7 Å². The van der Waals surface area contributed by atoms with Gasteiger partial charge in [-0.25, -0.2) is 0 Å². The van der Waals surface area contributed by atoms with Crippen LogP contribution in [0.3, 0.4) is 0 Å². The number of fused-ring (bicyclic) bond motifs is 3. The Balaban J connectivity index is 2.01. The van der Waals surface area contributed by atoms with Gasteiger partial charge in [-0.1, -0.05) is 6.07 Å². The quantitative estimate of drug-likeness (QED) is 0.655. The highest BCUT2D eigenvalue weighted by molar-refractivity contribution is 5.62. The molecular formula is C11H13NO2. The molecule has 0 aromatic heterocycles. The van der Waals surface area contributed by atoms with Gasteiger partial charge in [0.2, 0.25) is 0 Å². The van der Waals surface area contributed by atoms with E-state index in [2.05, 4.69) is 5.32 Å². The molecule has 2 unspecified atom stereocenters. The highest BCUT2D eigenvalue weighted by Crippen LogP contribution is 2.40. The number of phenolic OH excluding ortho intramolecular Hbond substituents is 1. The molecule has 3 heteroatoms. The molecule has 2 N–H and O–H groups in total. The summed E-state index contributed by atoms with van der Waals surface area (Å²) in [6.45, 7) is 1.64. The fourth-order valence-corrected chi connectivity index (χ4v) is 2.41.